The molecule has 7 heteroatoms. The van der Waals surface area contributed by atoms with Gasteiger partial charge in [-0.3, -0.25) is 4.79 Å². The van der Waals surface area contributed by atoms with Crippen LogP contribution >= 0.6 is 23.2 Å². The summed E-state index contributed by atoms with van der Waals surface area (Å²) in [5.74, 6) is 1.20. The third-order valence-electron chi connectivity index (χ3n) is 3.00. The first kappa shape index (κ1) is 17.5. The van der Waals surface area contributed by atoms with Crippen molar-refractivity contribution in [2.75, 3.05) is 6.61 Å². The van der Waals surface area contributed by atoms with Gasteiger partial charge in [0.1, 0.15) is 11.6 Å². The van der Waals surface area contributed by atoms with Crippen LogP contribution in [-0.4, -0.2) is 22.5 Å². The Kier molecular flexibility index (Phi) is 6.62. The molecule has 0 saturated carbocycles. The van der Waals surface area contributed by atoms with Gasteiger partial charge in [0.05, 0.1) is 23.9 Å². The minimum Gasteiger partial charge on any atom is -0.492 e. The SMILES string of the molecule is Cc1nccc(CNC(=O)CCCOc2ccc(Cl)cc2Cl)n1. The molecule has 0 atom stereocenters. The highest BCUT2D eigenvalue weighted by molar-refractivity contribution is 6.35. The number of benzene rings is 1. The molecule has 0 radical (unpaired) electrons. The Hall–Kier alpha value is -1.85. The van der Waals surface area contributed by atoms with Gasteiger partial charge in [-0.05, 0) is 37.6 Å². The molecule has 0 bridgehead atoms. The number of nitrogens with zero attached hydrogens (tertiary/aromatic N) is 2. The van der Waals surface area contributed by atoms with E-state index < -0.39 is 0 Å². The van der Waals surface area contributed by atoms with Crippen molar-refractivity contribution in [2.45, 2.75) is 26.3 Å². The molecule has 2 aromatic rings. The van der Waals surface area contributed by atoms with Crippen LogP contribution in [0.25, 0.3) is 0 Å². The van der Waals surface area contributed by atoms with E-state index in [2.05, 4.69) is 15.3 Å². The van der Waals surface area contributed by atoms with E-state index in [1.165, 1.54) is 0 Å². The molecule has 5 nitrogen and oxygen atoms in total. The Bertz CT molecular complexity index is 680. The molecular formula is C16H17Cl2N3O2. The average Bonchev–Trinajstić information content (AvgIpc) is 2.51. The first-order valence-electron chi connectivity index (χ1n) is 7.17. The monoisotopic (exact) mass is 353 g/mol. The highest BCUT2D eigenvalue weighted by Crippen LogP contribution is 2.27. The molecule has 0 aliphatic carbocycles. The molecule has 2 rings (SSSR count). The third-order valence-corrected chi connectivity index (χ3v) is 3.53. The van der Waals surface area contributed by atoms with E-state index >= 15 is 0 Å². The number of hydrogen-bond donors (Lipinski definition) is 1. The number of amides is 1. The van der Waals surface area contributed by atoms with Crippen LogP contribution in [0.2, 0.25) is 10.0 Å². The summed E-state index contributed by atoms with van der Waals surface area (Å²) >= 11 is 11.8. The van der Waals surface area contributed by atoms with Crippen molar-refractivity contribution in [2.24, 2.45) is 0 Å². The minimum absolute atomic E-state index is 0.0490. The lowest BCUT2D eigenvalue weighted by atomic mass is 10.3. The third kappa shape index (κ3) is 6.04. The second-order valence-corrected chi connectivity index (χ2v) is 5.74. The zero-order valence-corrected chi connectivity index (χ0v) is 14.2. The van der Waals surface area contributed by atoms with Crippen LogP contribution in [0.15, 0.2) is 30.5 Å². The molecule has 1 aromatic heterocycles. The Labute approximate surface area is 145 Å². The fourth-order valence-corrected chi connectivity index (χ4v) is 2.35. The first-order chi connectivity index (χ1) is 11.0. The van der Waals surface area contributed by atoms with Gasteiger partial charge in [0, 0.05) is 17.6 Å². The van der Waals surface area contributed by atoms with E-state index in [-0.39, 0.29) is 5.91 Å². The van der Waals surface area contributed by atoms with E-state index in [4.69, 9.17) is 27.9 Å². The molecular weight excluding hydrogens is 337 g/mol. The first-order valence-corrected chi connectivity index (χ1v) is 7.93. The molecule has 0 aliphatic heterocycles. The van der Waals surface area contributed by atoms with E-state index in [1.54, 1.807) is 30.5 Å². The fraction of sp³-hybridized carbons (Fsp3) is 0.312. The molecule has 23 heavy (non-hydrogen) atoms. The fourth-order valence-electron chi connectivity index (χ4n) is 1.89. The lowest BCUT2D eigenvalue weighted by molar-refractivity contribution is -0.121. The molecule has 0 aliphatic rings. The Morgan fingerprint density at radius 3 is 2.87 bits per heavy atom. The molecule has 1 N–H and O–H groups in total. The smallest absolute Gasteiger partial charge is 0.220 e. The number of carbonyl (C=O) groups is 1. The Morgan fingerprint density at radius 2 is 2.13 bits per heavy atom. The van der Waals surface area contributed by atoms with Gasteiger partial charge in [-0.1, -0.05) is 23.2 Å². The number of aryl methyl sites for hydroxylation is 1. The molecule has 1 aromatic carbocycles. The maximum absolute atomic E-state index is 11.8. The summed E-state index contributed by atoms with van der Waals surface area (Å²) in [6.45, 7) is 2.61. The van der Waals surface area contributed by atoms with Crippen LogP contribution in [-0.2, 0) is 11.3 Å². The highest BCUT2D eigenvalue weighted by Gasteiger charge is 2.05. The summed E-state index contributed by atoms with van der Waals surface area (Å²) in [4.78, 5) is 20.0. The standard InChI is InChI=1S/C16H17Cl2N3O2/c1-11-19-7-6-13(21-11)10-20-16(22)3-2-8-23-15-5-4-12(17)9-14(15)18/h4-7,9H,2-3,8,10H2,1H3,(H,20,22). The van der Waals surface area contributed by atoms with Crippen LogP contribution in [0.3, 0.4) is 0 Å². The van der Waals surface area contributed by atoms with Gasteiger partial charge < -0.3 is 10.1 Å². The number of rotatable bonds is 7. The van der Waals surface area contributed by atoms with Crippen LogP contribution in [0.1, 0.15) is 24.4 Å². The van der Waals surface area contributed by atoms with Crippen LogP contribution < -0.4 is 10.1 Å². The largest absolute Gasteiger partial charge is 0.492 e. The summed E-state index contributed by atoms with van der Waals surface area (Å²) < 4.78 is 5.53. The summed E-state index contributed by atoms with van der Waals surface area (Å²) in [6, 6.07) is 6.81. The molecule has 1 amide bonds. The normalized spacial score (nSPS) is 10.4. The van der Waals surface area contributed by atoms with E-state index in [0.29, 0.717) is 47.6 Å². The summed E-state index contributed by atoms with van der Waals surface area (Å²) in [5.41, 5.74) is 0.787. The number of halogens is 2. The minimum atomic E-state index is -0.0490. The zero-order valence-electron chi connectivity index (χ0n) is 12.7. The maximum atomic E-state index is 11.8. The van der Waals surface area contributed by atoms with Crippen molar-refractivity contribution in [1.29, 1.82) is 0 Å². The van der Waals surface area contributed by atoms with Gasteiger partial charge in [-0.15, -0.1) is 0 Å². The van der Waals surface area contributed by atoms with Gasteiger partial charge in [-0.25, -0.2) is 9.97 Å². The Balaban J connectivity index is 1.66. The summed E-state index contributed by atoms with van der Waals surface area (Å²) in [7, 11) is 0. The van der Waals surface area contributed by atoms with Gasteiger partial charge in [0.2, 0.25) is 5.91 Å². The quantitative estimate of drug-likeness (QED) is 0.772. The predicted molar refractivity (Wildman–Crippen MR) is 89.8 cm³/mol. The summed E-state index contributed by atoms with van der Waals surface area (Å²) in [6.07, 6.45) is 2.64. The molecule has 0 saturated heterocycles. The van der Waals surface area contributed by atoms with Gasteiger partial charge in [0.25, 0.3) is 0 Å². The molecule has 0 spiro atoms. The number of hydrogen-bond acceptors (Lipinski definition) is 4. The number of ether oxygens (including phenoxy) is 1. The van der Waals surface area contributed by atoms with Gasteiger partial charge in [0.15, 0.2) is 0 Å². The molecule has 122 valence electrons. The summed E-state index contributed by atoms with van der Waals surface area (Å²) in [5, 5.41) is 3.83. The number of carbonyl (C=O) groups excluding carboxylic acids is 1. The van der Waals surface area contributed by atoms with Crippen LogP contribution in [0.5, 0.6) is 5.75 Å². The van der Waals surface area contributed by atoms with Crippen LogP contribution in [0, 0.1) is 6.92 Å². The van der Waals surface area contributed by atoms with E-state index in [9.17, 15) is 4.79 Å². The predicted octanol–water partition coefficient (Wildman–Crippen LogP) is 3.57. The second-order valence-electron chi connectivity index (χ2n) is 4.90. The number of nitrogens with one attached hydrogen (secondary N) is 1. The Morgan fingerprint density at radius 1 is 1.30 bits per heavy atom. The van der Waals surface area contributed by atoms with Gasteiger partial charge in [-0.2, -0.15) is 0 Å². The van der Waals surface area contributed by atoms with Crippen molar-refractivity contribution >= 4 is 29.1 Å². The van der Waals surface area contributed by atoms with Gasteiger partial charge >= 0.3 is 0 Å². The van der Waals surface area contributed by atoms with E-state index in [1.807, 2.05) is 6.92 Å². The molecule has 0 unspecified atom stereocenters. The van der Waals surface area contributed by atoms with Crippen molar-refractivity contribution in [3.05, 3.63) is 52.0 Å². The van der Waals surface area contributed by atoms with Crippen molar-refractivity contribution in [1.82, 2.24) is 15.3 Å². The van der Waals surface area contributed by atoms with Crippen molar-refractivity contribution < 1.29 is 9.53 Å². The molecule has 0 fully saturated rings. The highest BCUT2D eigenvalue weighted by atomic mass is 35.5. The van der Waals surface area contributed by atoms with Crippen LogP contribution in [0.4, 0.5) is 0 Å². The lowest BCUT2D eigenvalue weighted by Crippen LogP contribution is -2.23. The maximum Gasteiger partial charge on any atom is 0.220 e. The number of aromatic nitrogens is 2. The van der Waals surface area contributed by atoms with E-state index in [0.717, 1.165) is 5.69 Å². The topological polar surface area (TPSA) is 64.1 Å². The molecule has 1 heterocycles. The average molecular weight is 354 g/mol. The lowest BCUT2D eigenvalue weighted by Gasteiger charge is -2.08. The second kappa shape index (κ2) is 8.70. The van der Waals surface area contributed by atoms with Crippen molar-refractivity contribution in [3.63, 3.8) is 0 Å². The van der Waals surface area contributed by atoms with Crippen molar-refractivity contribution in [3.8, 4) is 5.75 Å². The zero-order chi connectivity index (χ0) is 16.7.